The molecule has 0 bridgehead atoms. The van der Waals surface area contributed by atoms with Crippen LogP contribution in [0.25, 0.3) is 0 Å². The zero-order valence-electron chi connectivity index (χ0n) is 13.6. The molecular weight excluding hydrogens is 310 g/mol. The van der Waals surface area contributed by atoms with Crippen molar-refractivity contribution < 1.29 is 32.7 Å². The Morgan fingerprint density at radius 3 is 2.00 bits per heavy atom. The lowest BCUT2D eigenvalue weighted by Crippen LogP contribution is -2.46. The quantitative estimate of drug-likeness (QED) is 0.354. The van der Waals surface area contributed by atoms with Crippen molar-refractivity contribution in [2.24, 2.45) is 0 Å². The van der Waals surface area contributed by atoms with Gasteiger partial charge in [0.25, 0.3) is 0 Å². The van der Waals surface area contributed by atoms with Crippen molar-refractivity contribution in [3.05, 3.63) is 0 Å². The zero-order chi connectivity index (χ0) is 16.8. The molecule has 130 valence electrons. The predicted octanol–water partition coefficient (Wildman–Crippen LogP) is 0.642. The Balaban J connectivity index is 4.05. The van der Waals surface area contributed by atoms with Gasteiger partial charge < -0.3 is 28.4 Å². The summed E-state index contributed by atoms with van der Waals surface area (Å²) in [6, 6.07) is 0.610. The van der Waals surface area contributed by atoms with Crippen LogP contribution in [0.5, 0.6) is 0 Å². The van der Waals surface area contributed by atoms with Gasteiger partial charge in [-0.2, -0.15) is 0 Å². The van der Waals surface area contributed by atoms with Crippen molar-refractivity contribution in [2.45, 2.75) is 33.2 Å². The molecule has 22 heavy (non-hydrogen) atoms. The van der Waals surface area contributed by atoms with Crippen LogP contribution in [0.2, 0.25) is 6.04 Å². The molecule has 0 saturated heterocycles. The molecule has 0 atom stereocenters. The van der Waals surface area contributed by atoms with Gasteiger partial charge in [0.1, 0.15) is 13.2 Å². The minimum Gasteiger partial charge on any atom is -0.480 e. The minimum atomic E-state index is -2.67. The number of ether oxygens (including phenoxy) is 1. The van der Waals surface area contributed by atoms with Gasteiger partial charge in [0.2, 0.25) is 5.91 Å². The highest BCUT2D eigenvalue weighted by atomic mass is 28.4. The van der Waals surface area contributed by atoms with Crippen molar-refractivity contribution in [1.82, 2.24) is 5.32 Å². The molecule has 0 spiro atoms. The molecule has 0 aromatic rings. The Kier molecular flexibility index (Phi) is 12.0. The molecule has 0 aliphatic heterocycles. The van der Waals surface area contributed by atoms with Crippen molar-refractivity contribution in [3.8, 4) is 0 Å². The predicted molar refractivity (Wildman–Crippen MR) is 81.5 cm³/mol. The molecule has 0 aliphatic carbocycles. The third-order valence-electron chi connectivity index (χ3n) is 2.53. The number of carbonyl (C=O) groups excluding carboxylic acids is 1. The SMILES string of the molecule is CCO[Si](CCCNC(=O)COCC(=O)O)(OCC)OCC. The van der Waals surface area contributed by atoms with E-state index in [4.69, 9.17) is 23.1 Å². The van der Waals surface area contributed by atoms with E-state index in [1.807, 2.05) is 20.8 Å². The van der Waals surface area contributed by atoms with Gasteiger partial charge in [0, 0.05) is 32.4 Å². The Labute approximate surface area is 132 Å². The molecule has 0 fully saturated rings. The van der Waals surface area contributed by atoms with E-state index in [-0.39, 0.29) is 12.5 Å². The Morgan fingerprint density at radius 1 is 1.00 bits per heavy atom. The highest BCUT2D eigenvalue weighted by Crippen LogP contribution is 2.17. The maximum absolute atomic E-state index is 11.4. The highest BCUT2D eigenvalue weighted by molar-refractivity contribution is 6.60. The Morgan fingerprint density at radius 2 is 1.55 bits per heavy atom. The second-order valence-electron chi connectivity index (χ2n) is 4.32. The largest absolute Gasteiger partial charge is 0.500 e. The van der Waals surface area contributed by atoms with Gasteiger partial charge in [-0.05, 0) is 27.2 Å². The molecule has 1 amide bonds. The number of aliphatic carboxylic acids is 1. The summed E-state index contributed by atoms with van der Waals surface area (Å²) < 4.78 is 21.8. The second-order valence-corrected chi connectivity index (χ2v) is 7.05. The molecule has 0 radical (unpaired) electrons. The summed E-state index contributed by atoms with van der Waals surface area (Å²) in [6.07, 6.45) is 0.650. The summed E-state index contributed by atoms with van der Waals surface area (Å²) >= 11 is 0. The fraction of sp³-hybridized carbons (Fsp3) is 0.846. The third kappa shape index (κ3) is 9.85. The van der Waals surface area contributed by atoms with E-state index in [9.17, 15) is 9.59 Å². The van der Waals surface area contributed by atoms with Gasteiger partial charge in [0.05, 0.1) is 0 Å². The van der Waals surface area contributed by atoms with E-state index in [1.165, 1.54) is 0 Å². The average molecular weight is 337 g/mol. The van der Waals surface area contributed by atoms with Crippen molar-refractivity contribution in [1.29, 1.82) is 0 Å². The van der Waals surface area contributed by atoms with Gasteiger partial charge in [-0.1, -0.05) is 0 Å². The van der Waals surface area contributed by atoms with E-state index < -0.39 is 21.4 Å². The second kappa shape index (κ2) is 12.5. The third-order valence-corrected chi connectivity index (χ3v) is 5.68. The minimum absolute atomic E-state index is 0.267. The number of carboxylic acid groups (broad SMARTS) is 1. The summed E-state index contributed by atoms with van der Waals surface area (Å²) in [5, 5.41) is 11.0. The molecule has 0 heterocycles. The first-order valence-electron chi connectivity index (χ1n) is 7.47. The Bertz CT molecular complexity index is 310. The number of amides is 1. The van der Waals surface area contributed by atoms with Gasteiger partial charge in [-0.25, -0.2) is 4.79 Å². The number of nitrogens with one attached hydrogen (secondary N) is 1. The molecule has 0 aromatic carbocycles. The lowest BCUT2D eigenvalue weighted by molar-refractivity contribution is -0.143. The van der Waals surface area contributed by atoms with Crippen molar-refractivity contribution in [2.75, 3.05) is 39.6 Å². The first-order chi connectivity index (χ1) is 10.5. The van der Waals surface area contributed by atoms with Crippen LogP contribution in [0.15, 0.2) is 0 Å². The van der Waals surface area contributed by atoms with Crippen molar-refractivity contribution in [3.63, 3.8) is 0 Å². The molecule has 0 rings (SSSR count). The molecule has 0 unspecified atom stereocenters. The zero-order valence-corrected chi connectivity index (χ0v) is 14.6. The topological polar surface area (TPSA) is 103 Å². The van der Waals surface area contributed by atoms with E-state index in [1.54, 1.807) is 0 Å². The van der Waals surface area contributed by atoms with Gasteiger partial charge >= 0.3 is 14.8 Å². The number of hydrogen-bond donors (Lipinski definition) is 2. The maximum Gasteiger partial charge on any atom is 0.500 e. The summed E-state index contributed by atoms with van der Waals surface area (Å²) in [5.41, 5.74) is 0. The first kappa shape index (κ1) is 21.0. The van der Waals surface area contributed by atoms with Crippen LogP contribution in [0.1, 0.15) is 27.2 Å². The smallest absolute Gasteiger partial charge is 0.480 e. The highest BCUT2D eigenvalue weighted by Gasteiger charge is 2.39. The lowest BCUT2D eigenvalue weighted by Gasteiger charge is -2.28. The van der Waals surface area contributed by atoms with E-state index in [0.717, 1.165) is 0 Å². The number of hydrogen-bond acceptors (Lipinski definition) is 6. The summed E-state index contributed by atoms with van der Waals surface area (Å²) in [6.45, 7) is 6.89. The molecule has 9 heteroatoms. The summed E-state index contributed by atoms with van der Waals surface area (Å²) in [7, 11) is -2.67. The van der Waals surface area contributed by atoms with E-state index in [0.29, 0.717) is 38.8 Å². The number of carboxylic acids is 1. The van der Waals surface area contributed by atoms with E-state index >= 15 is 0 Å². The van der Waals surface area contributed by atoms with Crippen LogP contribution in [0.3, 0.4) is 0 Å². The molecule has 0 aliphatic rings. The molecule has 0 saturated carbocycles. The number of rotatable bonds is 14. The molecule has 2 N–H and O–H groups in total. The van der Waals surface area contributed by atoms with Crippen LogP contribution >= 0.6 is 0 Å². The van der Waals surface area contributed by atoms with Crippen LogP contribution < -0.4 is 5.32 Å². The maximum atomic E-state index is 11.4. The Hall–Kier alpha value is -1.00. The molecular formula is C13H27NO7Si. The standard InChI is InChI=1S/C13H27NO7Si/c1-4-19-22(20-5-2,21-6-3)9-7-8-14-12(15)10-18-11-13(16)17/h4-11H2,1-3H3,(H,14,15)(H,16,17). The van der Waals surface area contributed by atoms with Gasteiger partial charge in [0.15, 0.2) is 0 Å². The van der Waals surface area contributed by atoms with Crippen LogP contribution in [0, 0.1) is 0 Å². The van der Waals surface area contributed by atoms with Gasteiger partial charge in [-0.15, -0.1) is 0 Å². The fourth-order valence-electron chi connectivity index (χ4n) is 1.82. The fourth-order valence-corrected chi connectivity index (χ4v) is 4.43. The van der Waals surface area contributed by atoms with Crippen LogP contribution in [0.4, 0.5) is 0 Å². The van der Waals surface area contributed by atoms with Crippen molar-refractivity contribution >= 4 is 20.7 Å². The normalized spacial score (nSPS) is 11.4. The summed E-state index contributed by atoms with van der Waals surface area (Å²) in [4.78, 5) is 21.7. The number of carbonyl (C=O) groups is 2. The van der Waals surface area contributed by atoms with Crippen LogP contribution in [-0.2, 0) is 27.6 Å². The average Bonchev–Trinajstić information content (AvgIpc) is 2.44. The summed E-state index contributed by atoms with van der Waals surface area (Å²) in [5.74, 6) is -1.45. The van der Waals surface area contributed by atoms with Gasteiger partial charge in [-0.3, -0.25) is 4.79 Å². The molecule has 8 nitrogen and oxygen atoms in total. The first-order valence-corrected chi connectivity index (χ1v) is 9.40. The van der Waals surface area contributed by atoms with E-state index in [2.05, 4.69) is 5.32 Å². The van der Waals surface area contributed by atoms with Crippen LogP contribution in [-0.4, -0.2) is 65.4 Å². The monoisotopic (exact) mass is 337 g/mol. The lowest BCUT2D eigenvalue weighted by atomic mass is 10.4. The molecule has 0 aromatic heterocycles.